The summed E-state index contributed by atoms with van der Waals surface area (Å²) in [5.74, 6) is 3.91. The van der Waals surface area contributed by atoms with Crippen molar-refractivity contribution in [1.29, 1.82) is 0 Å². The van der Waals surface area contributed by atoms with E-state index in [1.807, 2.05) is 0 Å². The first kappa shape index (κ1) is 19.0. The molecule has 0 radical (unpaired) electrons. The minimum atomic E-state index is -4.75. The molecule has 0 amide bonds. The molecule has 27 heavy (non-hydrogen) atoms. The van der Waals surface area contributed by atoms with Crippen LogP contribution in [-0.2, 0) is 18.1 Å². The fourth-order valence-corrected chi connectivity index (χ4v) is 2.63. The van der Waals surface area contributed by atoms with E-state index in [9.17, 15) is 26.3 Å². The third kappa shape index (κ3) is 4.15. The van der Waals surface area contributed by atoms with Gasteiger partial charge in [0.25, 0.3) is 5.82 Å². The van der Waals surface area contributed by atoms with Crippen molar-refractivity contribution >= 4 is 11.8 Å². The number of hydrogen-bond acceptors (Lipinski definition) is 7. The van der Waals surface area contributed by atoms with Gasteiger partial charge in [-0.05, 0) is 12.1 Å². The van der Waals surface area contributed by atoms with E-state index in [2.05, 4.69) is 20.3 Å². The van der Waals surface area contributed by atoms with Gasteiger partial charge < -0.3 is 10.4 Å². The third-order valence-corrected chi connectivity index (χ3v) is 4.11. The van der Waals surface area contributed by atoms with E-state index in [-0.39, 0.29) is 32.9 Å². The number of nitrogens with two attached hydrogens (primary N) is 1. The van der Waals surface area contributed by atoms with Gasteiger partial charge in [-0.25, -0.2) is 4.68 Å². The molecule has 0 aliphatic heterocycles. The zero-order valence-corrected chi connectivity index (χ0v) is 13.7. The van der Waals surface area contributed by atoms with Crippen molar-refractivity contribution in [3.05, 3.63) is 41.5 Å². The van der Waals surface area contributed by atoms with E-state index in [4.69, 9.17) is 10.4 Å². The first-order chi connectivity index (χ1) is 12.6. The summed E-state index contributed by atoms with van der Waals surface area (Å²) in [5, 5.41) is 9.69. The number of benzene rings is 1. The lowest BCUT2D eigenvalue weighted by molar-refractivity contribution is -0.146. The van der Waals surface area contributed by atoms with Crippen LogP contribution in [0.25, 0.3) is 11.4 Å². The molecule has 0 saturated carbocycles. The summed E-state index contributed by atoms with van der Waals surface area (Å²) in [4.78, 5) is 3.97. The van der Waals surface area contributed by atoms with Gasteiger partial charge in [0.15, 0.2) is 0 Å². The number of alkyl halides is 6. The Morgan fingerprint density at radius 1 is 1.00 bits per heavy atom. The van der Waals surface area contributed by atoms with E-state index in [0.717, 1.165) is 23.9 Å². The second-order valence-corrected chi connectivity index (χ2v) is 5.99. The average molecular weight is 410 g/mol. The summed E-state index contributed by atoms with van der Waals surface area (Å²) in [7, 11) is 0. The molecular weight excluding hydrogens is 402 g/mol. The Morgan fingerprint density at radius 3 is 2.22 bits per heavy atom. The highest BCUT2D eigenvalue weighted by atomic mass is 32.2. The van der Waals surface area contributed by atoms with E-state index < -0.39 is 23.7 Å². The third-order valence-electron chi connectivity index (χ3n) is 3.18. The summed E-state index contributed by atoms with van der Waals surface area (Å²) in [6.45, 7) is 0. The molecule has 0 aliphatic carbocycles. The van der Waals surface area contributed by atoms with Gasteiger partial charge in [0, 0.05) is 5.56 Å². The minimum Gasteiger partial charge on any atom is -0.338 e. The number of rotatable bonds is 4. The summed E-state index contributed by atoms with van der Waals surface area (Å²) in [6.07, 6.45) is -9.22. The Hall–Kier alpha value is -2.77. The molecule has 144 valence electrons. The van der Waals surface area contributed by atoms with E-state index >= 15 is 0 Å². The Morgan fingerprint density at radius 2 is 1.67 bits per heavy atom. The maximum Gasteiger partial charge on any atom is 0.453 e. The van der Waals surface area contributed by atoms with Crippen LogP contribution in [-0.4, -0.2) is 25.0 Å². The molecule has 0 saturated heterocycles. The molecule has 0 unspecified atom stereocenters. The first-order valence-electron chi connectivity index (χ1n) is 6.96. The molecule has 1 aromatic carbocycles. The van der Waals surface area contributed by atoms with Crippen LogP contribution in [0.4, 0.5) is 26.3 Å². The largest absolute Gasteiger partial charge is 0.453 e. The fourth-order valence-electron chi connectivity index (χ4n) is 1.93. The Labute approximate surface area is 150 Å². The van der Waals surface area contributed by atoms with Crippen molar-refractivity contribution in [2.24, 2.45) is 0 Å². The smallest absolute Gasteiger partial charge is 0.338 e. The quantitative estimate of drug-likeness (QED) is 0.400. The van der Waals surface area contributed by atoms with Gasteiger partial charge in [-0.3, -0.25) is 0 Å². The molecule has 0 aliphatic rings. The van der Waals surface area contributed by atoms with Gasteiger partial charge in [0.1, 0.15) is 0 Å². The molecule has 2 N–H and O–H groups in total. The SMILES string of the molecule is Nn1c(SCc2nc(-c3ccc(C(F)(F)F)cc3)no2)nnc1C(F)(F)F. The summed E-state index contributed by atoms with van der Waals surface area (Å²) in [6, 6.07) is 4.10. The van der Waals surface area contributed by atoms with Gasteiger partial charge in [0.05, 0.1) is 11.3 Å². The van der Waals surface area contributed by atoms with Crippen LogP contribution < -0.4 is 5.84 Å². The predicted molar refractivity (Wildman–Crippen MR) is 79.5 cm³/mol. The molecule has 3 aromatic rings. The van der Waals surface area contributed by atoms with Crippen LogP contribution >= 0.6 is 11.8 Å². The first-order valence-corrected chi connectivity index (χ1v) is 7.95. The maximum atomic E-state index is 12.6. The minimum absolute atomic E-state index is 0.0199. The molecule has 0 atom stereocenters. The van der Waals surface area contributed by atoms with Crippen LogP contribution in [0.3, 0.4) is 0 Å². The van der Waals surface area contributed by atoms with Crippen molar-refractivity contribution in [3.8, 4) is 11.4 Å². The van der Waals surface area contributed by atoms with Crippen LogP contribution in [0.15, 0.2) is 33.9 Å². The zero-order chi connectivity index (χ0) is 19.8. The zero-order valence-electron chi connectivity index (χ0n) is 12.9. The average Bonchev–Trinajstić information content (AvgIpc) is 3.18. The Bertz CT molecular complexity index is 932. The standard InChI is InChI=1S/C13H8F6N6OS/c14-12(15,16)7-3-1-6(2-4-7)9-21-8(26-24-9)5-27-11-23-22-10(25(11)20)13(17,18)19/h1-4H,5,20H2. The number of hydrogen-bond donors (Lipinski definition) is 1. The van der Waals surface area contributed by atoms with Gasteiger partial charge >= 0.3 is 12.4 Å². The van der Waals surface area contributed by atoms with E-state index in [1.54, 1.807) is 0 Å². The lowest BCUT2D eigenvalue weighted by Gasteiger charge is -2.05. The van der Waals surface area contributed by atoms with Gasteiger partial charge in [-0.15, -0.1) is 10.2 Å². The molecule has 0 fully saturated rings. The number of thioether (sulfide) groups is 1. The monoisotopic (exact) mass is 410 g/mol. The van der Waals surface area contributed by atoms with Gasteiger partial charge in [-0.2, -0.15) is 31.3 Å². The fraction of sp³-hybridized carbons (Fsp3) is 0.231. The molecule has 2 heterocycles. The second-order valence-electron chi connectivity index (χ2n) is 5.05. The molecule has 3 rings (SSSR count). The summed E-state index contributed by atoms with van der Waals surface area (Å²) >= 11 is 0.771. The Balaban J connectivity index is 1.69. The van der Waals surface area contributed by atoms with Crippen molar-refractivity contribution in [1.82, 2.24) is 25.0 Å². The lowest BCUT2D eigenvalue weighted by Crippen LogP contribution is -2.21. The molecule has 7 nitrogen and oxygen atoms in total. The van der Waals surface area contributed by atoms with E-state index in [1.165, 1.54) is 12.1 Å². The Kier molecular flexibility index (Phi) is 4.75. The molecule has 14 heteroatoms. The highest BCUT2D eigenvalue weighted by Crippen LogP contribution is 2.31. The highest BCUT2D eigenvalue weighted by molar-refractivity contribution is 7.98. The number of aromatic nitrogens is 5. The summed E-state index contributed by atoms with van der Waals surface area (Å²) in [5.41, 5.74) is -0.544. The second kappa shape index (κ2) is 6.75. The number of nitrogens with zero attached hydrogens (tertiary/aromatic N) is 5. The van der Waals surface area contributed by atoms with Crippen molar-refractivity contribution in [2.45, 2.75) is 23.3 Å². The number of halogens is 6. The predicted octanol–water partition coefficient (Wildman–Crippen LogP) is 3.37. The molecule has 2 aromatic heterocycles. The van der Waals surface area contributed by atoms with E-state index in [0.29, 0.717) is 0 Å². The summed E-state index contributed by atoms with van der Waals surface area (Å²) < 4.78 is 80.6. The van der Waals surface area contributed by atoms with Crippen molar-refractivity contribution in [3.63, 3.8) is 0 Å². The van der Waals surface area contributed by atoms with Crippen molar-refractivity contribution in [2.75, 3.05) is 5.84 Å². The van der Waals surface area contributed by atoms with Crippen LogP contribution in [0, 0.1) is 0 Å². The topological polar surface area (TPSA) is 95.7 Å². The highest BCUT2D eigenvalue weighted by Gasteiger charge is 2.38. The normalized spacial score (nSPS) is 12.5. The molecular formula is C13H8F6N6OS. The maximum absolute atomic E-state index is 12.6. The van der Waals surface area contributed by atoms with Crippen LogP contribution in [0.2, 0.25) is 0 Å². The molecule has 0 spiro atoms. The lowest BCUT2D eigenvalue weighted by atomic mass is 10.1. The van der Waals surface area contributed by atoms with Crippen LogP contribution in [0.5, 0.6) is 0 Å². The molecule has 0 bridgehead atoms. The number of nitrogen functional groups attached to an aromatic ring is 1. The van der Waals surface area contributed by atoms with Crippen molar-refractivity contribution < 1.29 is 30.9 Å². The van der Waals surface area contributed by atoms with Gasteiger partial charge in [-0.1, -0.05) is 29.1 Å². The van der Waals surface area contributed by atoms with Crippen LogP contribution in [0.1, 0.15) is 17.3 Å². The van der Waals surface area contributed by atoms with Gasteiger partial charge in [0.2, 0.25) is 16.9 Å².